The SMILES string of the molecule is CC.CC/C=C(/C=C(/C)NC1=CCC(O)=C(C(C)CC)C=C1)C(C)(C)C. The highest BCUT2D eigenvalue weighted by Gasteiger charge is 2.15. The Hall–Kier alpha value is -1.70. The Balaban J connectivity index is 0.00000301. The van der Waals surface area contributed by atoms with Gasteiger partial charge in [-0.3, -0.25) is 0 Å². The lowest BCUT2D eigenvalue weighted by Crippen LogP contribution is -2.13. The zero-order valence-electron chi connectivity index (χ0n) is 18.5. The fourth-order valence-electron chi connectivity index (χ4n) is 2.73. The number of nitrogens with one attached hydrogen (secondary N) is 1. The summed E-state index contributed by atoms with van der Waals surface area (Å²) >= 11 is 0. The van der Waals surface area contributed by atoms with Crippen LogP contribution in [0, 0.1) is 11.3 Å². The Morgan fingerprint density at radius 2 is 1.85 bits per heavy atom. The highest BCUT2D eigenvalue weighted by molar-refractivity contribution is 5.37. The van der Waals surface area contributed by atoms with Crippen LogP contribution in [0.25, 0.3) is 0 Å². The van der Waals surface area contributed by atoms with Crippen molar-refractivity contribution < 1.29 is 5.11 Å². The van der Waals surface area contributed by atoms with Crippen molar-refractivity contribution in [1.29, 1.82) is 0 Å². The van der Waals surface area contributed by atoms with E-state index in [4.69, 9.17) is 0 Å². The van der Waals surface area contributed by atoms with Crippen molar-refractivity contribution in [2.75, 3.05) is 0 Å². The lowest BCUT2D eigenvalue weighted by atomic mass is 9.85. The molecule has 0 heterocycles. The molecule has 0 aromatic rings. The fraction of sp³-hybridized carbons (Fsp3) is 0.583. The van der Waals surface area contributed by atoms with Crippen LogP contribution in [0.1, 0.15) is 81.6 Å². The third kappa shape index (κ3) is 8.12. The second-order valence-electron chi connectivity index (χ2n) is 7.68. The van der Waals surface area contributed by atoms with Crippen LogP contribution in [0.3, 0.4) is 0 Å². The van der Waals surface area contributed by atoms with Gasteiger partial charge in [0, 0.05) is 17.8 Å². The quantitative estimate of drug-likeness (QED) is 0.479. The third-order valence-corrected chi connectivity index (χ3v) is 4.44. The van der Waals surface area contributed by atoms with E-state index < -0.39 is 0 Å². The normalized spacial score (nSPS) is 17.2. The molecule has 26 heavy (non-hydrogen) atoms. The molecule has 2 heteroatoms. The van der Waals surface area contributed by atoms with E-state index in [9.17, 15) is 5.11 Å². The van der Waals surface area contributed by atoms with Gasteiger partial charge in [-0.25, -0.2) is 0 Å². The van der Waals surface area contributed by atoms with E-state index in [2.05, 4.69) is 84.2 Å². The maximum absolute atomic E-state index is 10.3. The molecule has 0 fully saturated rings. The summed E-state index contributed by atoms with van der Waals surface area (Å²) < 4.78 is 0. The molecule has 148 valence electrons. The van der Waals surface area contributed by atoms with Gasteiger partial charge in [-0.15, -0.1) is 0 Å². The van der Waals surface area contributed by atoms with Crippen molar-refractivity contribution in [2.45, 2.75) is 81.6 Å². The lowest BCUT2D eigenvalue weighted by Gasteiger charge is -2.21. The summed E-state index contributed by atoms with van der Waals surface area (Å²) in [5.74, 6) is 0.867. The highest BCUT2D eigenvalue weighted by atomic mass is 16.3. The molecule has 1 aliphatic carbocycles. The van der Waals surface area contributed by atoms with Crippen molar-refractivity contribution in [3.8, 4) is 0 Å². The topological polar surface area (TPSA) is 32.3 Å². The first-order valence-corrected chi connectivity index (χ1v) is 10.1. The number of rotatable bonds is 6. The average molecular weight is 360 g/mol. The van der Waals surface area contributed by atoms with Crippen LogP contribution in [0.4, 0.5) is 0 Å². The second kappa shape index (κ2) is 11.8. The summed E-state index contributed by atoms with van der Waals surface area (Å²) in [7, 11) is 0. The van der Waals surface area contributed by atoms with Crippen molar-refractivity contribution >= 4 is 0 Å². The van der Waals surface area contributed by atoms with E-state index in [-0.39, 0.29) is 5.41 Å². The molecule has 0 aromatic carbocycles. The molecule has 0 saturated heterocycles. The minimum Gasteiger partial charge on any atom is -0.512 e. The number of allylic oxidation sites excluding steroid dienone is 8. The zero-order chi connectivity index (χ0) is 20.3. The lowest BCUT2D eigenvalue weighted by molar-refractivity contribution is 0.386. The molecule has 0 spiro atoms. The van der Waals surface area contributed by atoms with Crippen molar-refractivity contribution in [2.24, 2.45) is 11.3 Å². The summed E-state index contributed by atoms with van der Waals surface area (Å²) in [4.78, 5) is 0. The Bertz CT molecular complexity index is 580. The van der Waals surface area contributed by atoms with Crippen molar-refractivity contribution in [3.63, 3.8) is 0 Å². The summed E-state index contributed by atoms with van der Waals surface area (Å²) in [6.45, 7) is 19.3. The van der Waals surface area contributed by atoms with Crippen LogP contribution in [0.15, 0.2) is 58.7 Å². The first-order chi connectivity index (χ1) is 12.2. The van der Waals surface area contributed by atoms with Gasteiger partial charge < -0.3 is 10.4 Å². The van der Waals surface area contributed by atoms with Crippen LogP contribution in [0.5, 0.6) is 0 Å². The van der Waals surface area contributed by atoms with Gasteiger partial charge in [-0.2, -0.15) is 0 Å². The largest absolute Gasteiger partial charge is 0.512 e. The molecule has 1 rings (SSSR count). The summed E-state index contributed by atoms with van der Waals surface area (Å²) in [6.07, 6.45) is 13.3. The molecule has 0 aliphatic heterocycles. The van der Waals surface area contributed by atoms with Crippen LogP contribution >= 0.6 is 0 Å². The van der Waals surface area contributed by atoms with Gasteiger partial charge in [0.25, 0.3) is 0 Å². The molecule has 0 saturated carbocycles. The molecule has 0 amide bonds. The summed E-state index contributed by atoms with van der Waals surface area (Å²) in [5.41, 5.74) is 4.68. The average Bonchev–Trinajstić information content (AvgIpc) is 2.77. The van der Waals surface area contributed by atoms with E-state index in [1.807, 2.05) is 13.8 Å². The molecule has 0 aromatic heterocycles. The Kier molecular flexibility index (Phi) is 11.1. The van der Waals surface area contributed by atoms with Crippen molar-refractivity contribution in [1.82, 2.24) is 5.32 Å². The van der Waals surface area contributed by atoms with E-state index in [1.54, 1.807) is 0 Å². The highest BCUT2D eigenvalue weighted by Crippen LogP contribution is 2.28. The first-order valence-electron chi connectivity index (χ1n) is 10.1. The third-order valence-electron chi connectivity index (χ3n) is 4.44. The molecular formula is C24H41NO. The molecule has 0 bridgehead atoms. The van der Waals surface area contributed by atoms with Gasteiger partial charge in [0.05, 0.1) is 5.76 Å². The van der Waals surface area contributed by atoms with Crippen LogP contribution in [-0.2, 0) is 0 Å². The van der Waals surface area contributed by atoms with Gasteiger partial charge in [0.1, 0.15) is 0 Å². The molecule has 0 radical (unpaired) electrons. The number of aliphatic hydroxyl groups is 1. The van der Waals surface area contributed by atoms with Gasteiger partial charge in [0.15, 0.2) is 0 Å². The van der Waals surface area contributed by atoms with Gasteiger partial charge >= 0.3 is 0 Å². The Labute approximate surface area is 162 Å². The van der Waals surface area contributed by atoms with Crippen LogP contribution in [0.2, 0.25) is 0 Å². The summed E-state index contributed by atoms with van der Waals surface area (Å²) in [6, 6.07) is 0. The predicted octanol–water partition coefficient (Wildman–Crippen LogP) is 7.59. The first kappa shape index (κ1) is 24.3. The molecule has 1 aliphatic rings. The smallest absolute Gasteiger partial charge is 0.0995 e. The zero-order valence-corrected chi connectivity index (χ0v) is 18.5. The van der Waals surface area contributed by atoms with Crippen molar-refractivity contribution in [3.05, 3.63) is 58.7 Å². The number of hydrogen-bond acceptors (Lipinski definition) is 2. The van der Waals surface area contributed by atoms with Crippen LogP contribution < -0.4 is 5.32 Å². The van der Waals surface area contributed by atoms with Crippen LogP contribution in [-0.4, -0.2) is 5.11 Å². The standard InChI is InChI=1S/C22H35NO.C2H6/c1-8-10-18(22(5,6)7)15-17(4)23-19-11-13-20(16(3)9-2)21(24)14-12-19;1-2/h10-13,15-16,23-24H,8-9,14H2,1-7H3;1-2H3/b17-15-,18-10-;. The molecule has 1 unspecified atom stereocenters. The minimum atomic E-state index is 0.135. The summed E-state index contributed by atoms with van der Waals surface area (Å²) in [5, 5.41) is 13.7. The van der Waals surface area contributed by atoms with E-state index in [0.29, 0.717) is 18.1 Å². The maximum atomic E-state index is 10.3. The minimum absolute atomic E-state index is 0.135. The number of hydrogen-bond donors (Lipinski definition) is 2. The maximum Gasteiger partial charge on any atom is 0.0995 e. The van der Waals surface area contributed by atoms with E-state index >= 15 is 0 Å². The van der Waals surface area contributed by atoms with Gasteiger partial charge in [-0.1, -0.05) is 73.6 Å². The predicted molar refractivity (Wildman–Crippen MR) is 117 cm³/mol. The molecular weight excluding hydrogens is 318 g/mol. The van der Waals surface area contributed by atoms with E-state index in [0.717, 1.165) is 29.8 Å². The van der Waals surface area contributed by atoms with Gasteiger partial charge in [0.2, 0.25) is 0 Å². The number of aliphatic hydroxyl groups excluding tert-OH is 1. The van der Waals surface area contributed by atoms with E-state index in [1.165, 1.54) is 5.57 Å². The fourth-order valence-corrected chi connectivity index (χ4v) is 2.73. The molecule has 1 atom stereocenters. The molecule has 2 nitrogen and oxygen atoms in total. The molecule has 2 N–H and O–H groups in total. The monoisotopic (exact) mass is 359 g/mol. The Morgan fingerprint density at radius 3 is 2.35 bits per heavy atom. The second-order valence-corrected chi connectivity index (χ2v) is 7.68. The Morgan fingerprint density at radius 1 is 1.23 bits per heavy atom. The van der Waals surface area contributed by atoms with Gasteiger partial charge in [-0.05, 0) is 54.4 Å².